The Morgan fingerprint density at radius 2 is 1.73 bits per heavy atom. The van der Waals surface area contributed by atoms with Crippen LogP contribution >= 0.6 is 23.2 Å². The largest absolute Gasteiger partial charge is 0.324 e. The van der Waals surface area contributed by atoms with E-state index < -0.39 is 0 Å². The summed E-state index contributed by atoms with van der Waals surface area (Å²) in [6.07, 6.45) is 1.51. The molecule has 1 heterocycles. The van der Waals surface area contributed by atoms with E-state index in [1.54, 1.807) is 24.3 Å². The van der Waals surface area contributed by atoms with Crippen molar-refractivity contribution >= 4 is 46.4 Å². The summed E-state index contributed by atoms with van der Waals surface area (Å²) in [7, 11) is 0. The minimum Gasteiger partial charge on any atom is -0.324 e. The summed E-state index contributed by atoms with van der Waals surface area (Å²) in [5.74, 6) is -0.0388. The zero-order valence-corrected chi connectivity index (χ0v) is 15.7. The van der Waals surface area contributed by atoms with Gasteiger partial charge < -0.3 is 10.6 Å². The molecule has 0 aliphatic carbocycles. The Morgan fingerprint density at radius 1 is 1.00 bits per heavy atom. The van der Waals surface area contributed by atoms with Crippen molar-refractivity contribution in [3.63, 3.8) is 0 Å². The van der Waals surface area contributed by atoms with Crippen LogP contribution in [-0.2, 0) is 0 Å². The molecule has 0 aliphatic heterocycles. The lowest BCUT2D eigenvalue weighted by Gasteiger charge is -2.10. The quantitative estimate of drug-likeness (QED) is 0.629. The normalized spacial score (nSPS) is 10.5. The summed E-state index contributed by atoms with van der Waals surface area (Å²) < 4.78 is 0. The Kier molecular flexibility index (Phi) is 5.40. The fraction of sp³-hybridized carbons (Fsp3) is 0.105. The van der Waals surface area contributed by atoms with Gasteiger partial charge in [0, 0.05) is 27.6 Å². The second-order valence-electron chi connectivity index (χ2n) is 5.82. The van der Waals surface area contributed by atoms with E-state index in [2.05, 4.69) is 20.6 Å². The van der Waals surface area contributed by atoms with Gasteiger partial charge in [-0.3, -0.25) is 4.79 Å². The first-order chi connectivity index (χ1) is 12.4. The number of aromatic nitrogens is 2. The van der Waals surface area contributed by atoms with Gasteiger partial charge in [-0.15, -0.1) is 0 Å². The number of nitrogens with zero attached hydrogens (tertiary/aromatic N) is 2. The Balaban J connectivity index is 1.78. The molecule has 5 nitrogen and oxygen atoms in total. The highest BCUT2D eigenvalue weighted by Crippen LogP contribution is 2.24. The number of hydrogen-bond donors (Lipinski definition) is 2. The molecule has 0 radical (unpaired) electrons. The third-order valence-electron chi connectivity index (χ3n) is 3.64. The Bertz CT molecular complexity index is 955. The summed E-state index contributed by atoms with van der Waals surface area (Å²) in [6.45, 7) is 3.95. The molecule has 0 unspecified atom stereocenters. The topological polar surface area (TPSA) is 66.9 Å². The van der Waals surface area contributed by atoms with Crippen LogP contribution in [0.1, 0.15) is 21.6 Å². The molecule has 3 aromatic rings. The maximum atomic E-state index is 12.5. The van der Waals surface area contributed by atoms with Crippen molar-refractivity contribution in [2.75, 3.05) is 10.6 Å². The summed E-state index contributed by atoms with van der Waals surface area (Å²) >= 11 is 12.0. The van der Waals surface area contributed by atoms with Crippen LogP contribution in [0, 0.1) is 13.8 Å². The molecule has 0 atom stereocenters. The third kappa shape index (κ3) is 4.50. The molecule has 0 saturated heterocycles. The van der Waals surface area contributed by atoms with E-state index in [0.717, 1.165) is 16.8 Å². The van der Waals surface area contributed by atoms with Crippen molar-refractivity contribution in [1.82, 2.24) is 9.97 Å². The molecular formula is C19H16Cl2N4O. The number of aryl methyl sites for hydroxylation is 2. The van der Waals surface area contributed by atoms with E-state index in [0.29, 0.717) is 15.7 Å². The lowest BCUT2D eigenvalue weighted by molar-refractivity contribution is 0.102. The summed E-state index contributed by atoms with van der Waals surface area (Å²) in [5, 5.41) is 6.84. The standard InChI is InChI=1S/C19H16Cl2N4O/c1-11-3-4-16(12(2)7-11)24-18(26)17-5-6-22-19(25-17)23-15-9-13(20)8-14(21)10-15/h3-10H,1-2H3,(H,24,26)(H,22,23,25). The molecular weight excluding hydrogens is 371 g/mol. The van der Waals surface area contributed by atoms with Gasteiger partial charge in [-0.2, -0.15) is 0 Å². The Labute approximate surface area is 161 Å². The van der Waals surface area contributed by atoms with Crippen molar-refractivity contribution in [2.45, 2.75) is 13.8 Å². The van der Waals surface area contributed by atoms with Gasteiger partial charge in [-0.25, -0.2) is 9.97 Å². The molecule has 0 spiro atoms. The zero-order chi connectivity index (χ0) is 18.7. The van der Waals surface area contributed by atoms with Gasteiger partial charge in [-0.05, 0) is 49.7 Å². The number of benzene rings is 2. The van der Waals surface area contributed by atoms with Gasteiger partial charge in [0.15, 0.2) is 0 Å². The van der Waals surface area contributed by atoms with Crippen LogP contribution < -0.4 is 10.6 Å². The molecule has 1 aromatic heterocycles. The maximum Gasteiger partial charge on any atom is 0.274 e. The smallest absolute Gasteiger partial charge is 0.274 e. The van der Waals surface area contributed by atoms with E-state index in [1.165, 1.54) is 6.20 Å². The minimum atomic E-state index is -0.313. The number of carbonyl (C=O) groups excluding carboxylic acids is 1. The number of nitrogens with one attached hydrogen (secondary N) is 2. The number of hydrogen-bond acceptors (Lipinski definition) is 4. The number of halogens is 2. The minimum absolute atomic E-state index is 0.246. The van der Waals surface area contributed by atoms with Crippen LogP contribution in [0.4, 0.5) is 17.3 Å². The second kappa shape index (κ2) is 7.72. The van der Waals surface area contributed by atoms with Gasteiger partial charge in [0.05, 0.1) is 0 Å². The van der Waals surface area contributed by atoms with Crippen LogP contribution in [0.2, 0.25) is 10.0 Å². The fourth-order valence-electron chi connectivity index (χ4n) is 2.44. The van der Waals surface area contributed by atoms with E-state index in [-0.39, 0.29) is 17.5 Å². The SMILES string of the molecule is Cc1ccc(NC(=O)c2ccnc(Nc3cc(Cl)cc(Cl)c3)n2)c(C)c1. The van der Waals surface area contributed by atoms with Gasteiger partial charge >= 0.3 is 0 Å². The van der Waals surface area contributed by atoms with Crippen LogP contribution in [0.3, 0.4) is 0 Å². The van der Waals surface area contributed by atoms with E-state index in [4.69, 9.17) is 23.2 Å². The first-order valence-corrected chi connectivity index (χ1v) is 8.61. The number of carbonyl (C=O) groups is 1. The van der Waals surface area contributed by atoms with Gasteiger partial charge in [-0.1, -0.05) is 40.9 Å². The predicted molar refractivity (Wildman–Crippen MR) is 106 cm³/mol. The monoisotopic (exact) mass is 386 g/mol. The molecule has 3 rings (SSSR count). The molecule has 0 bridgehead atoms. The molecule has 0 fully saturated rings. The fourth-order valence-corrected chi connectivity index (χ4v) is 2.97. The lowest BCUT2D eigenvalue weighted by Crippen LogP contribution is -2.15. The Hall–Kier alpha value is -2.63. The van der Waals surface area contributed by atoms with Crippen molar-refractivity contribution in [3.8, 4) is 0 Å². The maximum absolute atomic E-state index is 12.5. The lowest BCUT2D eigenvalue weighted by atomic mass is 10.1. The summed E-state index contributed by atoms with van der Waals surface area (Å²) in [4.78, 5) is 20.9. The molecule has 132 valence electrons. The average molecular weight is 387 g/mol. The summed E-state index contributed by atoms with van der Waals surface area (Å²) in [6, 6.07) is 12.4. The van der Waals surface area contributed by atoms with Crippen LogP contribution in [0.5, 0.6) is 0 Å². The van der Waals surface area contributed by atoms with Gasteiger partial charge in [0.25, 0.3) is 5.91 Å². The zero-order valence-electron chi connectivity index (χ0n) is 14.2. The number of rotatable bonds is 4. The molecule has 2 N–H and O–H groups in total. The van der Waals surface area contributed by atoms with Crippen molar-refractivity contribution < 1.29 is 4.79 Å². The van der Waals surface area contributed by atoms with Crippen molar-refractivity contribution in [3.05, 3.63) is 75.5 Å². The van der Waals surface area contributed by atoms with E-state index in [9.17, 15) is 4.79 Å². The molecule has 2 aromatic carbocycles. The van der Waals surface area contributed by atoms with E-state index >= 15 is 0 Å². The second-order valence-corrected chi connectivity index (χ2v) is 6.69. The number of amides is 1. The first kappa shape index (κ1) is 18.2. The van der Waals surface area contributed by atoms with E-state index in [1.807, 2.05) is 32.0 Å². The highest BCUT2D eigenvalue weighted by atomic mass is 35.5. The highest BCUT2D eigenvalue weighted by Gasteiger charge is 2.11. The average Bonchev–Trinajstić information content (AvgIpc) is 2.56. The predicted octanol–water partition coefficient (Wildman–Crippen LogP) is 5.40. The highest BCUT2D eigenvalue weighted by molar-refractivity contribution is 6.35. The Morgan fingerprint density at radius 3 is 2.42 bits per heavy atom. The van der Waals surface area contributed by atoms with Crippen LogP contribution in [0.25, 0.3) is 0 Å². The molecule has 7 heteroatoms. The molecule has 0 aliphatic rings. The molecule has 0 saturated carbocycles. The van der Waals surface area contributed by atoms with Crippen LogP contribution in [0.15, 0.2) is 48.7 Å². The molecule has 1 amide bonds. The van der Waals surface area contributed by atoms with Crippen molar-refractivity contribution in [2.24, 2.45) is 0 Å². The number of anilines is 3. The summed E-state index contributed by atoms with van der Waals surface area (Å²) in [5.41, 5.74) is 3.74. The van der Waals surface area contributed by atoms with Crippen molar-refractivity contribution in [1.29, 1.82) is 0 Å². The molecule has 26 heavy (non-hydrogen) atoms. The van der Waals surface area contributed by atoms with Gasteiger partial charge in [0.2, 0.25) is 5.95 Å². The van der Waals surface area contributed by atoms with Gasteiger partial charge in [0.1, 0.15) is 5.69 Å². The third-order valence-corrected chi connectivity index (χ3v) is 4.07. The first-order valence-electron chi connectivity index (χ1n) is 7.85. The van der Waals surface area contributed by atoms with Crippen LogP contribution in [-0.4, -0.2) is 15.9 Å².